The van der Waals surface area contributed by atoms with Crippen molar-refractivity contribution in [2.24, 2.45) is 5.73 Å². The fourth-order valence-electron chi connectivity index (χ4n) is 2.78. The molecule has 1 heterocycles. The Bertz CT molecular complexity index is 812. The lowest BCUT2D eigenvalue weighted by molar-refractivity contribution is -0.885. The number of likely N-dealkylation sites (N-methyl/N-ethyl adjacent to an activating group) is 1. The molecule has 0 bridgehead atoms. The van der Waals surface area contributed by atoms with Crippen LogP contribution in [0.4, 0.5) is 0 Å². The van der Waals surface area contributed by atoms with Crippen LogP contribution in [0.5, 0.6) is 0 Å². The van der Waals surface area contributed by atoms with Crippen molar-refractivity contribution >= 4 is 5.91 Å². The Morgan fingerprint density at radius 1 is 1.08 bits per heavy atom. The Morgan fingerprint density at radius 3 is 2.33 bits per heavy atom. The van der Waals surface area contributed by atoms with Crippen molar-refractivity contribution in [3.8, 4) is 16.9 Å². The number of carbonyl (C=O) groups is 1. The predicted octanol–water partition coefficient (Wildman–Crippen LogP) is 1.04. The van der Waals surface area contributed by atoms with Crippen LogP contribution in [0.15, 0.2) is 66.9 Å². The molecular weight excluding hydrogens is 300 g/mol. The Morgan fingerprint density at radius 2 is 1.71 bits per heavy atom. The van der Waals surface area contributed by atoms with Crippen LogP contribution < -0.4 is 10.6 Å². The molecule has 24 heavy (non-hydrogen) atoms. The van der Waals surface area contributed by atoms with E-state index in [0.717, 1.165) is 27.4 Å². The molecular formula is C19H21N4O+. The number of para-hydroxylation sites is 1. The largest absolute Gasteiger partial charge is 0.365 e. The molecule has 2 aromatic carbocycles. The van der Waals surface area contributed by atoms with Gasteiger partial charge in [0.1, 0.15) is 12.2 Å². The van der Waals surface area contributed by atoms with Crippen molar-refractivity contribution < 1.29 is 9.69 Å². The molecule has 0 aliphatic rings. The number of amides is 1. The first-order valence-electron chi connectivity index (χ1n) is 7.92. The summed E-state index contributed by atoms with van der Waals surface area (Å²) in [6.07, 6.45) is 2.03. The highest BCUT2D eigenvalue weighted by Crippen LogP contribution is 2.23. The number of hydrogen-bond acceptors (Lipinski definition) is 2. The number of aromatic nitrogens is 2. The van der Waals surface area contributed by atoms with Gasteiger partial charge in [0.05, 0.1) is 18.3 Å². The van der Waals surface area contributed by atoms with E-state index in [-0.39, 0.29) is 5.91 Å². The van der Waals surface area contributed by atoms with Crippen molar-refractivity contribution in [2.75, 3.05) is 13.6 Å². The maximum absolute atomic E-state index is 11.2. The summed E-state index contributed by atoms with van der Waals surface area (Å²) >= 11 is 0. The monoisotopic (exact) mass is 321 g/mol. The Hall–Kier alpha value is -2.92. The lowest BCUT2D eigenvalue weighted by Gasteiger charge is -2.11. The van der Waals surface area contributed by atoms with E-state index in [0.29, 0.717) is 13.1 Å². The highest BCUT2D eigenvalue weighted by atomic mass is 16.1. The summed E-state index contributed by atoms with van der Waals surface area (Å²) < 4.78 is 1.88. The second-order valence-corrected chi connectivity index (χ2v) is 5.93. The van der Waals surface area contributed by atoms with Crippen molar-refractivity contribution in [3.05, 3.63) is 72.4 Å². The summed E-state index contributed by atoms with van der Waals surface area (Å²) in [6, 6.07) is 20.1. The number of rotatable bonds is 6. The van der Waals surface area contributed by atoms with E-state index >= 15 is 0 Å². The minimum atomic E-state index is -0.302. The van der Waals surface area contributed by atoms with E-state index in [4.69, 9.17) is 10.8 Å². The molecule has 0 saturated carbocycles. The summed E-state index contributed by atoms with van der Waals surface area (Å²) in [7, 11) is 1.96. The molecule has 3 N–H and O–H groups in total. The molecule has 5 nitrogen and oxygen atoms in total. The second kappa shape index (κ2) is 7.10. The minimum Gasteiger partial charge on any atom is -0.365 e. The third kappa shape index (κ3) is 3.70. The van der Waals surface area contributed by atoms with Crippen LogP contribution in [0.1, 0.15) is 5.56 Å². The Labute approximate surface area is 141 Å². The zero-order valence-corrected chi connectivity index (χ0v) is 13.6. The van der Waals surface area contributed by atoms with E-state index in [9.17, 15) is 4.79 Å². The summed E-state index contributed by atoms with van der Waals surface area (Å²) in [6.45, 7) is 0.977. The molecule has 0 fully saturated rings. The average Bonchev–Trinajstić information content (AvgIpc) is 2.99. The fourth-order valence-corrected chi connectivity index (χ4v) is 2.78. The van der Waals surface area contributed by atoms with Gasteiger partial charge < -0.3 is 10.6 Å². The van der Waals surface area contributed by atoms with Gasteiger partial charge in [-0.05, 0) is 12.1 Å². The van der Waals surface area contributed by atoms with Crippen molar-refractivity contribution in [1.29, 1.82) is 0 Å². The van der Waals surface area contributed by atoms with Gasteiger partial charge in [0.2, 0.25) is 0 Å². The third-order valence-corrected chi connectivity index (χ3v) is 3.83. The van der Waals surface area contributed by atoms with Crippen LogP contribution in [-0.4, -0.2) is 29.3 Å². The summed E-state index contributed by atoms with van der Waals surface area (Å²) in [5, 5.41) is 4.77. The van der Waals surface area contributed by atoms with Crippen LogP contribution in [0, 0.1) is 0 Å². The highest BCUT2D eigenvalue weighted by molar-refractivity contribution is 5.74. The van der Waals surface area contributed by atoms with Gasteiger partial charge in [-0.15, -0.1) is 0 Å². The normalized spacial score (nSPS) is 12.0. The average molecular weight is 321 g/mol. The maximum Gasteiger partial charge on any atom is 0.272 e. The zero-order valence-electron chi connectivity index (χ0n) is 13.6. The number of primary amides is 1. The summed E-state index contributed by atoms with van der Waals surface area (Å²) in [5.41, 5.74) is 9.40. The van der Waals surface area contributed by atoms with E-state index in [2.05, 4.69) is 0 Å². The van der Waals surface area contributed by atoms with Gasteiger partial charge in [0, 0.05) is 11.8 Å². The number of nitrogens with one attached hydrogen (secondary N) is 1. The molecule has 0 radical (unpaired) electrons. The molecule has 5 heteroatoms. The molecule has 0 saturated heterocycles. The lowest BCUT2D eigenvalue weighted by atomic mass is 10.1. The standard InChI is InChI=1S/C19H20N4O/c1-22(14-18(20)24)12-16-13-23(17-10-6-3-7-11-17)21-19(16)15-8-4-2-5-9-15/h2-11,13H,12,14H2,1H3,(H2,20,24)/p+1. The van der Waals surface area contributed by atoms with Crippen LogP contribution in [0.2, 0.25) is 0 Å². The SMILES string of the molecule is C[NH+](CC(N)=O)Cc1cn(-c2ccccc2)nc1-c1ccccc1. The first kappa shape index (κ1) is 16.0. The minimum absolute atomic E-state index is 0.296. The zero-order chi connectivity index (χ0) is 16.9. The van der Waals surface area contributed by atoms with E-state index in [1.807, 2.05) is 78.6 Å². The molecule has 0 aliphatic carbocycles. The molecule has 3 rings (SSSR count). The molecule has 1 aromatic heterocycles. The second-order valence-electron chi connectivity index (χ2n) is 5.93. The fraction of sp³-hybridized carbons (Fsp3) is 0.158. The van der Waals surface area contributed by atoms with Crippen LogP contribution in [0.25, 0.3) is 16.9 Å². The van der Waals surface area contributed by atoms with Gasteiger partial charge >= 0.3 is 0 Å². The van der Waals surface area contributed by atoms with Gasteiger partial charge in [-0.1, -0.05) is 48.5 Å². The number of carbonyl (C=O) groups excluding carboxylic acids is 1. The van der Waals surface area contributed by atoms with Crippen molar-refractivity contribution in [3.63, 3.8) is 0 Å². The number of quaternary nitrogens is 1. The van der Waals surface area contributed by atoms with Gasteiger partial charge in [0.25, 0.3) is 5.91 Å². The smallest absolute Gasteiger partial charge is 0.272 e. The van der Waals surface area contributed by atoms with Gasteiger partial charge in [0.15, 0.2) is 6.54 Å². The van der Waals surface area contributed by atoms with Crippen LogP contribution >= 0.6 is 0 Å². The number of benzene rings is 2. The molecule has 1 atom stereocenters. The molecule has 1 unspecified atom stereocenters. The summed E-state index contributed by atoms with van der Waals surface area (Å²) in [4.78, 5) is 12.2. The molecule has 3 aromatic rings. The Balaban J connectivity index is 1.99. The molecule has 0 aliphatic heterocycles. The number of nitrogens with zero attached hydrogens (tertiary/aromatic N) is 2. The lowest BCUT2D eigenvalue weighted by Crippen LogP contribution is -3.08. The van der Waals surface area contributed by atoms with E-state index in [1.165, 1.54) is 0 Å². The first-order chi connectivity index (χ1) is 11.6. The summed E-state index contributed by atoms with van der Waals surface area (Å²) in [5.74, 6) is -0.302. The van der Waals surface area contributed by atoms with E-state index in [1.54, 1.807) is 0 Å². The number of nitrogens with two attached hydrogens (primary N) is 1. The van der Waals surface area contributed by atoms with Crippen LogP contribution in [0.3, 0.4) is 0 Å². The quantitative estimate of drug-likeness (QED) is 0.712. The predicted molar refractivity (Wildman–Crippen MR) is 93.7 cm³/mol. The van der Waals surface area contributed by atoms with E-state index < -0.39 is 0 Å². The van der Waals surface area contributed by atoms with Crippen molar-refractivity contribution in [2.45, 2.75) is 6.54 Å². The van der Waals surface area contributed by atoms with Crippen molar-refractivity contribution in [1.82, 2.24) is 9.78 Å². The van der Waals surface area contributed by atoms with Gasteiger partial charge in [-0.2, -0.15) is 5.10 Å². The molecule has 1 amide bonds. The van der Waals surface area contributed by atoms with Crippen LogP contribution in [-0.2, 0) is 11.3 Å². The number of hydrogen-bond donors (Lipinski definition) is 2. The molecule has 0 spiro atoms. The molecule has 122 valence electrons. The third-order valence-electron chi connectivity index (χ3n) is 3.83. The highest BCUT2D eigenvalue weighted by Gasteiger charge is 2.16. The maximum atomic E-state index is 11.2. The first-order valence-corrected chi connectivity index (χ1v) is 7.92. The van der Waals surface area contributed by atoms with Gasteiger partial charge in [-0.25, -0.2) is 4.68 Å². The topological polar surface area (TPSA) is 65.3 Å². The Kier molecular flexibility index (Phi) is 4.72. The van der Waals surface area contributed by atoms with Gasteiger partial charge in [-0.3, -0.25) is 4.79 Å².